The van der Waals surface area contributed by atoms with E-state index in [0.29, 0.717) is 38.3 Å². The molecule has 8 nitrogen and oxygen atoms in total. The molecule has 2 aromatic rings. The van der Waals surface area contributed by atoms with Gasteiger partial charge in [0.15, 0.2) is 0 Å². The van der Waals surface area contributed by atoms with Crippen LogP contribution >= 0.6 is 0 Å². The molecule has 0 aromatic heterocycles. The summed E-state index contributed by atoms with van der Waals surface area (Å²) in [6.07, 6.45) is 0. The van der Waals surface area contributed by atoms with Crippen molar-refractivity contribution in [1.82, 2.24) is 20.7 Å². The topological polar surface area (TPSA) is 93.8 Å². The van der Waals surface area contributed by atoms with Crippen LogP contribution in [-0.2, 0) is 9.59 Å². The van der Waals surface area contributed by atoms with Crippen LogP contribution in [0.1, 0.15) is 21.5 Å². The van der Waals surface area contributed by atoms with E-state index in [-0.39, 0.29) is 24.3 Å². The van der Waals surface area contributed by atoms with Crippen LogP contribution in [0.5, 0.6) is 0 Å². The summed E-state index contributed by atoms with van der Waals surface area (Å²) in [4.78, 5) is 40.6. The standard InChI is InChI=1S/C23H29N5O3/c1-17-6-8-20(9-7-17)24-21(29)15-27-10-12-28(13-11-27)16-22(30)25-26-23(31)19-5-3-4-18(2)14-19/h3-9,14H,10-13,15-16H2,1-2H3,(H,24,29)(H,25,30)(H,26,31). The fourth-order valence-electron chi connectivity index (χ4n) is 3.37. The van der Waals surface area contributed by atoms with Gasteiger partial charge in [-0.3, -0.25) is 35.0 Å². The minimum absolute atomic E-state index is 0.0473. The zero-order valence-corrected chi connectivity index (χ0v) is 18.0. The molecule has 3 rings (SSSR count). The molecule has 8 heteroatoms. The lowest BCUT2D eigenvalue weighted by atomic mass is 10.1. The first kappa shape index (κ1) is 22.5. The fourth-order valence-corrected chi connectivity index (χ4v) is 3.37. The van der Waals surface area contributed by atoms with E-state index >= 15 is 0 Å². The van der Waals surface area contributed by atoms with Crippen LogP contribution in [0.3, 0.4) is 0 Å². The summed E-state index contributed by atoms with van der Waals surface area (Å²) in [6.45, 7) is 7.17. The van der Waals surface area contributed by atoms with Gasteiger partial charge in [-0.2, -0.15) is 0 Å². The Bertz CT molecular complexity index is 921. The van der Waals surface area contributed by atoms with Gasteiger partial charge in [-0.25, -0.2) is 0 Å². The minimum atomic E-state index is -0.346. The molecule has 3 amide bonds. The van der Waals surface area contributed by atoms with Crippen molar-refractivity contribution in [3.8, 4) is 0 Å². The third-order valence-corrected chi connectivity index (χ3v) is 5.13. The van der Waals surface area contributed by atoms with Crippen LogP contribution in [0.4, 0.5) is 5.69 Å². The smallest absolute Gasteiger partial charge is 0.269 e. The Morgan fingerprint density at radius 2 is 1.39 bits per heavy atom. The number of amides is 3. The van der Waals surface area contributed by atoms with E-state index in [1.54, 1.807) is 18.2 Å². The zero-order chi connectivity index (χ0) is 22.2. The number of piperazine rings is 1. The first-order valence-corrected chi connectivity index (χ1v) is 10.4. The number of benzene rings is 2. The molecule has 0 radical (unpaired) electrons. The maximum Gasteiger partial charge on any atom is 0.269 e. The predicted molar refractivity (Wildman–Crippen MR) is 119 cm³/mol. The molecule has 0 spiro atoms. The van der Waals surface area contributed by atoms with Gasteiger partial charge >= 0.3 is 0 Å². The van der Waals surface area contributed by atoms with E-state index < -0.39 is 0 Å². The van der Waals surface area contributed by atoms with Gasteiger partial charge in [-0.1, -0.05) is 35.4 Å². The van der Waals surface area contributed by atoms with Gasteiger partial charge in [0.25, 0.3) is 11.8 Å². The lowest BCUT2D eigenvalue weighted by molar-refractivity contribution is -0.124. The second-order valence-corrected chi connectivity index (χ2v) is 7.84. The summed E-state index contributed by atoms with van der Waals surface area (Å²) < 4.78 is 0. The molecule has 164 valence electrons. The van der Waals surface area contributed by atoms with E-state index in [2.05, 4.69) is 21.1 Å². The maximum absolute atomic E-state index is 12.2. The van der Waals surface area contributed by atoms with Crippen LogP contribution in [0.15, 0.2) is 48.5 Å². The molecule has 0 unspecified atom stereocenters. The number of nitrogens with zero attached hydrogens (tertiary/aromatic N) is 2. The van der Waals surface area contributed by atoms with Crippen molar-refractivity contribution < 1.29 is 14.4 Å². The monoisotopic (exact) mass is 423 g/mol. The van der Waals surface area contributed by atoms with Crippen molar-refractivity contribution in [2.45, 2.75) is 13.8 Å². The van der Waals surface area contributed by atoms with Gasteiger partial charge < -0.3 is 5.32 Å². The number of rotatable bonds is 6. The number of carbonyl (C=O) groups excluding carboxylic acids is 3. The Morgan fingerprint density at radius 3 is 2.00 bits per heavy atom. The van der Waals surface area contributed by atoms with Crippen LogP contribution in [0.2, 0.25) is 0 Å². The van der Waals surface area contributed by atoms with Gasteiger partial charge in [0.05, 0.1) is 13.1 Å². The molecule has 0 bridgehead atoms. The molecular weight excluding hydrogens is 394 g/mol. The quantitative estimate of drug-likeness (QED) is 0.610. The Morgan fingerprint density at radius 1 is 0.774 bits per heavy atom. The van der Waals surface area contributed by atoms with E-state index in [4.69, 9.17) is 0 Å². The summed E-state index contributed by atoms with van der Waals surface area (Å²) in [5.74, 6) is -0.665. The first-order chi connectivity index (χ1) is 14.9. The van der Waals surface area contributed by atoms with Gasteiger partial charge in [0.1, 0.15) is 0 Å². The number of anilines is 1. The average Bonchev–Trinajstić information content (AvgIpc) is 2.75. The molecule has 1 saturated heterocycles. The van der Waals surface area contributed by atoms with Crippen molar-refractivity contribution in [2.24, 2.45) is 0 Å². The van der Waals surface area contributed by atoms with Gasteiger partial charge in [-0.15, -0.1) is 0 Å². The van der Waals surface area contributed by atoms with Crippen molar-refractivity contribution in [3.05, 3.63) is 65.2 Å². The van der Waals surface area contributed by atoms with Gasteiger partial charge in [0, 0.05) is 37.4 Å². The van der Waals surface area contributed by atoms with E-state index in [0.717, 1.165) is 16.8 Å². The molecule has 0 aliphatic carbocycles. The molecule has 0 atom stereocenters. The normalized spacial score (nSPS) is 14.6. The van der Waals surface area contributed by atoms with Crippen LogP contribution in [0.25, 0.3) is 0 Å². The SMILES string of the molecule is Cc1ccc(NC(=O)CN2CCN(CC(=O)NNC(=O)c3cccc(C)c3)CC2)cc1. The molecule has 1 heterocycles. The van der Waals surface area contributed by atoms with Crippen molar-refractivity contribution in [2.75, 3.05) is 44.6 Å². The molecule has 3 N–H and O–H groups in total. The number of nitrogens with one attached hydrogen (secondary N) is 3. The first-order valence-electron chi connectivity index (χ1n) is 10.4. The Hall–Kier alpha value is -3.23. The molecule has 1 aliphatic rings. The highest BCUT2D eigenvalue weighted by molar-refractivity contribution is 5.95. The van der Waals surface area contributed by atoms with E-state index in [1.165, 1.54) is 0 Å². The van der Waals surface area contributed by atoms with Gasteiger partial charge in [0.2, 0.25) is 5.91 Å². The molecule has 31 heavy (non-hydrogen) atoms. The highest BCUT2D eigenvalue weighted by atomic mass is 16.2. The van der Waals surface area contributed by atoms with E-state index in [9.17, 15) is 14.4 Å². The second kappa shape index (κ2) is 10.7. The maximum atomic E-state index is 12.2. The molecule has 1 fully saturated rings. The number of carbonyl (C=O) groups is 3. The number of hydrogen-bond donors (Lipinski definition) is 3. The second-order valence-electron chi connectivity index (χ2n) is 7.84. The third kappa shape index (κ3) is 7.20. The summed E-state index contributed by atoms with van der Waals surface area (Å²) in [5.41, 5.74) is 8.32. The predicted octanol–water partition coefficient (Wildman–Crippen LogP) is 1.32. The Labute approximate surface area is 182 Å². The summed E-state index contributed by atoms with van der Waals surface area (Å²) in [7, 11) is 0. The lowest BCUT2D eigenvalue weighted by Crippen LogP contribution is -2.52. The number of hydrogen-bond acceptors (Lipinski definition) is 5. The number of aryl methyl sites for hydroxylation is 2. The highest BCUT2D eigenvalue weighted by Gasteiger charge is 2.21. The molecule has 0 saturated carbocycles. The van der Waals surface area contributed by atoms with E-state index in [1.807, 2.05) is 49.1 Å². The van der Waals surface area contributed by atoms with Crippen LogP contribution < -0.4 is 16.2 Å². The van der Waals surface area contributed by atoms with Gasteiger partial charge in [-0.05, 0) is 38.1 Å². The molecular formula is C23H29N5O3. The summed E-state index contributed by atoms with van der Waals surface area (Å²) >= 11 is 0. The fraction of sp³-hybridized carbons (Fsp3) is 0.348. The molecule has 2 aromatic carbocycles. The Balaban J connectivity index is 1.34. The highest BCUT2D eigenvalue weighted by Crippen LogP contribution is 2.09. The molecule has 1 aliphatic heterocycles. The Kier molecular flexibility index (Phi) is 7.75. The van der Waals surface area contributed by atoms with Crippen LogP contribution in [-0.4, -0.2) is 66.8 Å². The third-order valence-electron chi connectivity index (χ3n) is 5.13. The zero-order valence-electron chi connectivity index (χ0n) is 18.0. The number of hydrazine groups is 1. The van der Waals surface area contributed by atoms with Crippen molar-refractivity contribution in [1.29, 1.82) is 0 Å². The summed E-state index contributed by atoms with van der Waals surface area (Å²) in [6, 6.07) is 14.9. The minimum Gasteiger partial charge on any atom is -0.325 e. The summed E-state index contributed by atoms with van der Waals surface area (Å²) in [5, 5.41) is 2.91. The average molecular weight is 424 g/mol. The lowest BCUT2D eigenvalue weighted by Gasteiger charge is -2.33. The van der Waals surface area contributed by atoms with Crippen LogP contribution in [0, 0.1) is 13.8 Å². The largest absolute Gasteiger partial charge is 0.325 e. The van der Waals surface area contributed by atoms with Crippen molar-refractivity contribution >= 4 is 23.4 Å². The van der Waals surface area contributed by atoms with Crippen molar-refractivity contribution in [3.63, 3.8) is 0 Å².